The van der Waals surface area contributed by atoms with E-state index in [1.54, 1.807) is 18.3 Å². The Hall–Kier alpha value is -2.43. The van der Waals surface area contributed by atoms with E-state index in [-0.39, 0.29) is 11.3 Å². The number of anilines is 2. The predicted octanol–water partition coefficient (Wildman–Crippen LogP) is 2.95. The summed E-state index contributed by atoms with van der Waals surface area (Å²) in [6.45, 7) is 2.53. The number of ketones is 1. The van der Waals surface area contributed by atoms with Crippen molar-refractivity contribution in [2.45, 2.75) is 6.92 Å². The van der Waals surface area contributed by atoms with E-state index in [1.165, 1.54) is 13.0 Å². The zero-order chi connectivity index (χ0) is 14.4. The molecule has 1 aromatic heterocycles. The summed E-state index contributed by atoms with van der Waals surface area (Å²) >= 11 is 0. The lowest BCUT2D eigenvalue weighted by atomic mass is 10.1. The van der Waals surface area contributed by atoms with Crippen LogP contribution in [0.2, 0.25) is 0 Å². The van der Waals surface area contributed by atoms with Crippen molar-refractivity contribution >= 4 is 17.3 Å². The topological polar surface area (TPSA) is 54.0 Å². The quantitative estimate of drug-likeness (QED) is 0.627. The van der Waals surface area contributed by atoms with Crippen LogP contribution >= 0.6 is 0 Å². The van der Waals surface area contributed by atoms with Crippen LogP contribution in [0.3, 0.4) is 0 Å². The monoisotopic (exact) mass is 273 g/mol. The number of carbonyl (C=O) groups is 1. The molecular weight excluding hydrogens is 257 g/mol. The van der Waals surface area contributed by atoms with Gasteiger partial charge in [-0.3, -0.25) is 4.79 Å². The first-order valence-corrected chi connectivity index (χ1v) is 6.36. The predicted molar refractivity (Wildman–Crippen MR) is 77.6 cm³/mol. The molecule has 0 aliphatic heterocycles. The highest BCUT2D eigenvalue weighted by Crippen LogP contribution is 2.19. The molecule has 0 saturated heterocycles. The molecule has 4 nitrogen and oxygen atoms in total. The van der Waals surface area contributed by atoms with Crippen LogP contribution in [0.15, 0.2) is 42.6 Å². The molecule has 2 rings (SSSR count). The largest absolute Gasteiger partial charge is 0.383 e. The highest BCUT2D eigenvalue weighted by molar-refractivity contribution is 5.99. The molecule has 0 radical (unpaired) electrons. The zero-order valence-electron chi connectivity index (χ0n) is 11.2. The van der Waals surface area contributed by atoms with Crippen LogP contribution in [0.1, 0.15) is 17.3 Å². The molecule has 2 aromatic rings. The first kappa shape index (κ1) is 14.0. The minimum atomic E-state index is -0.500. The first-order chi connectivity index (χ1) is 9.68. The molecule has 20 heavy (non-hydrogen) atoms. The molecule has 104 valence electrons. The number of pyridine rings is 1. The molecule has 0 saturated carbocycles. The maximum atomic E-state index is 13.6. The summed E-state index contributed by atoms with van der Waals surface area (Å²) < 4.78 is 13.6. The van der Waals surface area contributed by atoms with Crippen molar-refractivity contribution in [2.24, 2.45) is 0 Å². The van der Waals surface area contributed by atoms with Crippen molar-refractivity contribution in [3.8, 4) is 0 Å². The Labute approximate surface area is 117 Å². The normalized spacial score (nSPS) is 10.1. The minimum Gasteiger partial charge on any atom is -0.383 e. The third kappa shape index (κ3) is 3.54. The summed E-state index contributed by atoms with van der Waals surface area (Å²) in [4.78, 5) is 15.6. The van der Waals surface area contributed by atoms with Crippen LogP contribution < -0.4 is 10.6 Å². The lowest BCUT2D eigenvalue weighted by Crippen LogP contribution is -2.16. The fourth-order valence-corrected chi connectivity index (χ4v) is 1.88. The number of carbonyl (C=O) groups excluding carboxylic acids is 1. The van der Waals surface area contributed by atoms with Gasteiger partial charge >= 0.3 is 0 Å². The minimum absolute atomic E-state index is 0.102. The van der Waals surface area contributed by atoms with E-state index in [1.807, 2.05) is 18.2 Å². The van der Waals surface area contributed by atoms with Gasteiger partial charge in [-0.15, -0.1) is 0 Å². The van der Waals surface area contributed by atoms with Crippen LogP contribution in [-0.2, 0) is 0 Å². The molecule has 1 aromatic carbocycles. The van der Waals surface area contributed by atoms with Crippen molar-refractivity contribution in [1.29, 1.82) is 0 Å². The number of nitrogens with zero attached hydrogens (tertiary/aromatic N) is 1. The molecule has 0 amide bonds. The lowest BCUT2D eigenvalue weighted by Gasteiger charge is -2.11. The molecule has 1 heterocycles. The van der Waals surface area contributed by atoms with Crippen molar-refractivity contribution in [2.75, 3.05) is 23.7 Å². The summed E-state index contributed by atoms with van der Waals surface area (Å²) in [5.74, 6) is -0.0104. The number of hydrogen-bond donors (Lipinski definition) is 2. The number of halogens is 1. The summed E-state index contributed by atoms with van der Waals surface area (Å²) in [5, 5.41) is 6.18. The van der Waals surface area contributed by atoms with Crippen molar-refractivity contribution in [3.63, 3.8) is 0 Å². The zero-order valence-corrected chi connectivity index (χ0v) is 11.2. The summed E-state index contributed by atoms with van der Waals surface area (Å²) in [5.41, 5.74) is 0.616. The molecule has 0 aliphatic rings. The van der Waals surface area contributed by atoms with Gasteiger partial charge in [-0.25, -0.2) is 9.37 Å². The molecule has 0 aliphatic carbocycles. The van der Waals surface area contributed by atoms with E-state index in [0.29, 0.717) is 18.8 Å². The van der Waals surface area contributed by atoms with Crippen molar-refractivity contribution in [3.05, 3.63) is 54.0 Å². The lowest BCUT2D eigenvalue weighted by molar-refractivity contribution is 0.101. The van der Waals surface area contributed by atoms with E-state index in [9.17, 15) is 9.18 Å². The molecule has 0 unspecified atom stereocenters. The van der Waals surface area contributed by atoms with Crippen molar-refractivity contribution in [1.82, 2.24) is 4.98 Å². The maximum Gasteiger partial charge on any atom is 0.164 e. The average Bonchev–Trinajstić information content (AvgIpc) is 2.44. The fourth-order valence-electron chi connectivity index (χ4n) is 1.88. The summed E-state index contributed by atoms with van der Waals surface area (Å²) in [7, 11) is 0. The number of hydrogen-bond acceptors (Lipinski definition) is 4. The second-order valence-electron chi connectivity index (χ2n) is 4.29. The number of nitrogens with one attached hydrogen (secondary N) is 2. The standard InChI is InChI=1S/C15H16FN3O/c1-11(20)15-12(16)5-4-6-13(15)17-9-10-19-14-7-2-3-8-18-14/h2-8,17H,9-10H2,1H3,(H,18,19). The molecule has 0 bridgehead atoms. The Morgan fingerprint density at radius 3 is 2.65 bits per heavy atom. The van der Waals surface area contributed by atoms with Crippen LogP contribution in [-0.4, -0.2) is 23.9 Å². The van der Waals surface area contributed by atoms with Crippen LogP contribution in [0.5, 0.6) is 0 Å². The highest BCUT2D eigenvalue weighted by Gasteiger charge is 2.12. The van der Waals surface area contributed by atoms with Gasteiger partial charge < -0.3 is 10.6 Å². The van der Waals surface area contributed by atoms with Gasteiger partial charge in [0.1, 0.15) is 11.6 Å². The van der Waals surface area contributed by atoms with Gasteiger partial charge in [0.05, 0.1) is 5.56 Å². The van der Waals surface area contributed by atoms with E-state index in [4.69, 9.17) is 0 Å². The molecule has 2 N–H and O–H groups in total. The second kappa shape index (κ2) is 6.65. The third-order valence-corrected chi connectivity index (χ3v) is 2.78. The van der Waals surface area contributed by atoms with Gasteiger partial charge in [-0.1, -0.05) is 12.1 Å². The van der Waals surface area contributed by atoms with Gasteiger partial charge in [0.15, 0.2) is 5.78 Å². The van der Waals surface area contributed by atoms with Crippen molar-refractivity contribution < 1.29 is 9.18 Å². The highest BCUT2D eigenvalue weighted by atomic mass is 19.1. The Morgan fingerprint density at radius 2 is 1.95 bits per heavy atom. The van der Waals surface area contributed by atoms with E-state index < -0.39 is 5.82 Å². The van der Waals surface area contributed by atoms with E-state index >= 15 is 0 Å². The first-order valence-electron chi connectivity index (χ1n) is 6.36. The van der Waals surface area contributed by atoms with Gasteiger partial charge in [0.25, 0.3) is 0 Å². The van der Waals surface area contributed by atoms with Crippen LogP contribution in [0.25, 0.3) is 0 Å². The Balaban J connectivity index is 1.92. The SMILES string of the molecule is CC(=O)c1c(F)cccc1NCCNc1ccccn1. The molecule has 5 heteroatoms. The maximum absolute atomic E-state index is 13.6. The number of Topliss-reactive ketones (excluding diaryl/α,β-unsaturated/α-hetero) is 1. The third-order valence-electron chi connectivity index (χ3n) is 2.78. The summed E-state index contributed by atoms with van der Waals surface area (Å²) in [6.07, 6.45) is 1.70. The fraction of sp³-hybridized carbons (Fsp3) is 0.200. The number of aromatic nitrogens is 1. The second-order valence-corrected chi connectivity index (χ2v) is 4.29. The average molecular weight is 273 g/mol. The Kier molecular flexibility index (Phi) is 4.65. The summed E-state index contributed by atoms with van der Waals surface area (Å²) in [6, 6.07) is 10.2. The molecule has 0 spiro atoms. The molecule has 0 fully saturated rings. The van der Waals surface area contributed by atoms with E-state index in [0.717, 1.165) is 5.82 Å². The van der Waals surface area contributed by atoms with Gasteiger partial charge in [0.2, 0.25) is 0 Å². The molecular formula is C15H16FN3O. The van der Waals surface area contributed by atoms with Crippen LogP contribution in [0, 0.1) is 5.82 Å². The molecule has 0 atom stereocenters. The number of rotatable bonds is 6. The van der Waals surface area contributed by atoms with Crippen LogP contribution in [0.4, 0.5) is 15.9 Å². The van der Waals surface area contributed by atoms with Gasteiger partial charge in [-0.2, -0.15) is 0 Å². The number of benzene rings is 1. The van der Waals surface area contributed by atoms with E-state index in [2.05, 4.69) is 15.6 Å². The Bertz CT molecular complexity index is 587. The van der Waals surface area contributed by atoms with Gasteiger partial charge in [-0.05, 0) is 31.2 Å². The van der Waals surface area contributed by atoms with Gasteiger partial charge in [0, 0.05) is 25.0 Å². The Morgan fingerprint density at radius 1 is 1.15 bits per heavy atom. The smallest absolute Gasteiger partial charge is 0.164 e.